The second-order valence-electron chi connectivity index (χ2n) is 25.5. The molecule has 0 aromatic rings. The average molecular weight is 1450 g/mol. The van der Waals surface area contributed by atoms with Crippen molar-refractivity contribution in [3.63, 3.8) is 0 Å². The number of carbonyl (C=O) groups is 4. The van der Waals surface area contributed by atoms with Gasteiger partial charge in [-0.1, -0.05) is 290 Å². The van der Waals surface area contributed by atoms with Crippen molar-refractivity contribution in [2.24, 2.45) is 0 Å². The molecule has 0 fully saturated rings. The molecule has 0 bridgehead atoms. The van der Waals surface area contributed by atoms with Gasteiger partial charge in [-0.05, 0) is 116 Å². The van der Waals surface area contributed by atoms with Crippen LogP contribution in [0.2, 0.25) is 0 Å². The lowest BCUT2D eigenvalue weighted by atomic mass is 10.0. The quantitative estimate of drug-likeness (QED) is 0.0169. The van der Waals surface area contributed by atoms with Crippen LogP contribution in [0.1, 0.15) is 310 Å². The first-order valence-corrected chi connectivity index (χ1v) is 41.8. The maximum Gasteiger partial charge on any atom is 0.472 e. The standard InChI is InChI=1S/C81H138O17P2/c1-5-9-13-17-21-25-29-32-35-36-37-38-41-43-47-50-54-58-62-66-79(84)92-72-77(98-81(86)68-64-60-56-52-48-44-40-34-31-27-23-19-15-11-7-3)74-96-100(89,90)94-70-75(82)69-93-99(87,88)95-73-76(97-80(85)67-63-59-55-51-45-28-24-20-16-12-8-4)71-91-78(83)65-61-57-53-49-46-42-39-33-30-26-22-18-14-10-6-2/h9,11,13,15,20-21,23-25,27,32,34-35,37-38,40,43,47,54,58,75-77,82H,5-8,10,12,14,16-19,22,26,28-31,33,36,39,41-42,44-46,48-53,55-57,59-74H2,1-4H3,(H,87,88)(H,89,90)/b13-9-,15-11-,24-20-,25-21-,27-23-,35-32-,38-37-,40-34-,47-43-,58-54-. The molecule has 0 aromatic heterocycles. The maximum atomic E-state index is 13.1. The first-order valence-electron chi connectivity index (χ1n) is 38.8. The van der Waals surface area contributed by atoms with Gasteiger partial charge in [-0.2, -0.15) is 0 Å². The van der Waals surface area contributed by atoms with Crippen LogP contribution in [0.5, 0.6) is 0 Å². The molecule has 0 amide bonds. The Hall–Kier alpha value is -4.54. The topological polar surface area (TPSA) is 237 Å². The summed E-state index contributed by atoms with van der Waals surface area (Å²) in [6.07, 6.45) is 79.2. The maximum absolute atomic E-state index is 13.1. The molecule has 5 unspecified atom stereocenters. The van der Waals surface area contributed by atoms with Gasteiger partial charge in [-0.3, -0.25) is 37.3 Å². The van der Waals surface area contributed by atoms with E-state index in [4.69, 9.17) is 37.0 Å². The van der Waals surface area contributed by atoms with Crippen molar-refractivity contribution in [3.8, 4) is 0 Å². The minimum absolute atomic E-state index is 0.0299. The van der Waals surface area contributed by atoms with E-state index in [0.29, 0.717) is 32.1 Å². The van der Waals surface area contributed by atoms with Crippen molar-refractivity contribution in [1.29, 1.82) is 0 Å². The van der Waals surface area contributed by atoms with Crippen molar-refractivity contribution in [2.45, 2.75) is 329 Å². The summed E-state index contributed by atoms with van der Waals surface area (Å²) in [6, 6.07) is 0. The number of aliphatic hydroxyl groups excluding tert-OH is 1. The van der Waals surface area contributed by atoms with Crippen molar-refractivity contribution in [3.05, 3.63) is 122 Å². The van der Waals surface area contributed by atoms with Gasteiger partial charge < -0.3 is 33.8 Å². The van der Waals surface area contributed by atoms with Crippen molar-refractivity contribution in [2.75, 3.05) is 39.6 Å². The molecule has 0 aromatic carbocycles. The summed E-state index contributed by atoms with van der Waals surface area (Å²) in [5, 5.41) is 10.6. The molecule has 0 aliphatic heterocycles. The van der Waals surface area contributed by atoms with Crippen LogP contribution < -0.4 is 0 Å². The van der Waals surface area contributed by atoms with Gasteiger partial charge in [0.25, 0.3) is 0 Å². The summed E-state index contributed by atoms with van der Waals surface area (Å²) in [6.45, 7) is 4.51. The number of phosphoric ester groups is 2. The lowest BCUT2D eigenvalue weighted by molar-refractivity contribution is -0.161. The third-order valence-corrected chi connectivity index (χ3v) is 17.8. The highest BCUT2D eigenvalue weighted by atomic mass is 31.2. The number of allylic oxidation sites excluding steroid dienone is 20. The number of esters is 4. The van der Waals surface area contributed by atoms with E-state index in [1.165, 1.54) is 83.5 Å². The zero-order valence-corrected chi connectivity index (χ0v) is 64.4. The van der Waals surface area contributed by atoms with Gasteiger partial charge in [0.05, 0.1) is 26.4 Å². The minimum Gasteiger partial charge on any atom is -0.462 e. The fourth-order valence-corrected chi connectivity index (χ4v) is 11.6. The number of hydrogen-bond donors (Lipinski definition) is 3. The first-order chi connectivity index (χ1) is 48.7. The Labute approximate surface area is 606 Å². The summed E-state index contributed by atoms with van der Waals surface area (Å²) < 4.78 is 68.4. The van der Waals surface area contributed by atoms with Crippen LogP contribution in [-0.4, -0.2) is 96.7 Å². The predicted octanol–water partition coefficient (Wildman–Crippen LogP) is 22.3. The Morgan fingerprint density at radius 3 is 0.900 bits per heavy atom. The second kappa shape index (κ2) is 72.8. The van der Waals surface area contributed by atoms with Gasteiger partial charge in [0, 0.05) is 25.7 Å². The number of aliphatic hydroxyl groups is 1. The van der Waals surface area contributed by atoms with E-state index in [1.54, 1.807) is 0 Å². The molecular formula is C81H138O17P2. The van der Waals surface area contributed by atoms with Crippen LogP contribution in [0, 0.1) is 0 Å². The Bertz CT molecular complexity index is 2370. The predicted molar refractivity (Wildman–Crippen MR) is 408 cm³/mol. The number of hydrogen-bond acceptors (Lipinski definition) is 15. The summed E-state index contributed by atoms with van der Waals surface area (Å²) in [4.78, 5) is 72.8. The van der Waals surface area contributed by atoms with E-state index in [1.807, 2.05) is 18.2 Å². The van der Waals surface area contributed by atoms with Gasteiger partial charge >= 0.3 is 39.5 Å². The Morgan fingerprint density at radius 2 is 0.550 bits per heavy atom. The van der Waals surface area contributed by atoms with Crippen LogP contribution in [0.4, 0.5) is 0 Å². The minimum atomic E-state index is -5.00. The monoisotopic (exact) mass is 1440 g/mol. The Kier molecular flexibility index (Phi) is 69.5. The van der Waals surface area contributed by atoms with E-state index < -0.39 is 97.5 Å². The van der Waals surface area contributed by atoms with E-state index in [9.17, 15) is 43.2 Å². The molecule has 0 radical (unpaired) electrons. The van der Waals surface area contributed by atoms with E-state index in [-0.39, 0.29) is 25.7 Å². The van der Waals surface area contributed by atoms with Crippen LogP contribution >= 0.6 is 15.6 Å². The molecule has 5 atom stereocenters. The number of unbranched alkanes of at least 4 members (excludes halogenated alkanes) is 26. The molecule has 0 spiro atoms. The number of rotatable bonds is 72. The summed E-state index contributed by atoms with van der Waals surface area (Å²) in [7, 11) is -9.98. The summed E-state index contributed by atoms with van der Waals surface area (Å²) in [5.41, 5.74) is 0. The molecule has 17 nitrogen and oxygen atoms in total. The SMILES string of the molecule is CC/C=C\C/C=C\C/C=C\C/C=C\C/C=C\C/C=C\CCC(=O)OCC(COP(=O)(O)OCC(O)COP(=O)(O)OCC(COC(=O)CCCCCCCCCCCCCCCCC)OC(=O)CCCCCCC/C=C\CCCC)OC(=O)CCCCCCC/C=C\C/C=C\C/C=C\CC. The van der Waals surface area contributed by atoms with Crippen LogP contribution in [0.25, 0.3) is 0 Å². The zero-order valence-electron chi connectivity index (χ0n) is 62.6. The van der Waals surface area contributed by atoms with Crippen LogP contribution in [0.3, 0.4) is 0 Å². The molecule has 100 heavy (non-hydrogen) atoms. The van der Waals surface area contributed by atoms with Crippen LogP contribution in [-0.2, 0) is 65.4 Å². The molecule has 0 aliphatic rings. The van der Waals surface area contributed by atoms with Gasteiger partial charge in [-0.15, -0.1) is 0 Å². The molecule has 19 heteroatoms. The highest BCUT2D eigenvalue weighted by Gasteiger charge is 2.30. The number of carbonyl (C=O) groups excluding carboxylic acids is 4. The Balaban J connectivity index is 5.40. The van der Waals surface area contributed by atoms with E-state index in [0.717, 1.165) is 141 Å². The lowest BCUT2D eigenvalue weighted by Crippen LogP contribution is -2.30. The Morgan fingerprint density at radius 1 is 0.290 bits per heavy atom. The molecular weight excluding hydrogens is 1310 g/mol. The normalized spacial score (nSPS) is 14.6. The third kappa shape index (κ3) is 71.8. The van der Waals surface area contributed by atoms with Gasteiger partial charge in [0.1, 0.15) is 19.3 Å². The smallest absolute Gasteiger partial charge is 0.462 e. The molecule has 0 saturated carbocycles. The van der Waals surface area contributed by atoms with Gasteiger partial charge in [0.15, 0.2) is 12.2 Å². The molecule has 0 heterocycles. The van der Waals surface area contributed by atoms with Crippen LogP contribution in [0.15, 0.2) is 122 Å². The number of ether oxygens (including phenoxy) is 4. The third-order valence-electron chi connectivity index (χ3n) is 15.9. The second-order valence-corrected chi connectivity index (χ2v) is 28.4. The molecule has 0 saturated heterocycles. The molecule has 0 aliphatic carbocycles. The number of phosphoric acid groups is 2. The zero-order chi connectivity index (χ0) is 73.2. The highest BCUT2D eigenvalue weighted by Crippen LogP contribution is 2.45. The van der Waals surface area contributed by atoms with Gasteiger partial charge in [-0.25, -0.2) is 9.13 Å². The lowest BCUT2D eigenvalue weighted by Gasteiger charge is -2.21. The average Bonchev–Trinajstić information content (AvgIpc) is 0.985. The summed E-state index contributed by atoms with van der Waals surface area (Å²) in [5.74, 6) is -2.29. The first kappa shape index (κ1) is 95.5. The molecule has 3 N–H and O–H groups in total. The van der Waals surface area contributed by atoms with Crippen molar-refractivity contribution < 1.29 is 80.2 Å². The van der Waals surface area contributed by atoms with E-state index >= 15 is 0 Å². The van der Waals surface area contributed by atoms with E-state index in [2.05, 4.69) is 131 Å². The van der Waals surface area contributed by atoms with Crippen molar-refractivity contribution >= 4 is 39.5 Å². The fourth-order valence-electron chi connectivity index (χ4n) is 10.1. The molecule has 0 rings (SSSR count). The van der Waals surface area contributed by atoms with Gasteiger partial charge in [0.2, 0.25) is 0 Å². The largest absolute Gasteiger partial charge is 0.472 e. The van der Waals surface area contributed by atoms with Crippen molar-refractivity contribution in [1.82, 2.24) is 0 Å². The highest BCUT2D eigenvalue weighted by molar-refractivity contribution is 7.47. The summed E-state index contributed by atoms with van der Waals surface area (Å²) >= 11 is 0. The molecule has 574 valence electrons. The fraction of sp³-hybridized carbons (Fsp3) is 0.704.